The average molecular weight is 311 g/mol. The van der Waals surface area contributed by atoms with E-state index in [2.05, 4.69) is 31.0 Å². The third-order valence-electron chi connectivity index (χ3n) is 5.28. The van der Waals surface area contributed by atoms with E-state index >= 15 is 0 Å². The molecular weight excluding hydrogens is 272 g/mol. The molecule has 0 spiro atoms. The number of amides is 1. The predicted octanol–water partition coefficient (Wildman–Crippen LogP) is 4.22. The Morgan fingerprint density at radius 1 is 1.00 bits per heavy atom. The molecule has 0 unspecified atom stereocenters. The third-order valence-corrected chi connectivity index (χ3v) is 5.28. The summed E-state index contributed by atoms with van der Waals surface area (Å²) in [4.78, 5) is 14.7. The lowest BCUT2D eigenvalue weighted by Crippen LogP contribution is -2.34. The van der Waals surface area contributed by atoms with Crippen LogP contribution >= 0.6 is 0 Å². The van der Waals surface area contributed by atoms with Crippen molar-refractivity contribution in [3.63, 3.8) is 0 Å². The van der Waals surface area contributed by atoms with Gasteiger partial charge in [-0.05, 0) is 64.1 Å². The van der Waals surface area contributed by atoms with Crippen molar-refractivity contribution in [3.8, 4) is 0 Å². The van der Waals surface area contributed by atoms with Gasteiger partial charge in [0.2, 0.25) is 5.91 Å². The minimum absolute atomic E-state index is 0.292. The molecule has 22 heavy (non-hydrogen) atoms. The molecule has 1 N–H and O–H groups in total. The minimum Gasteiger partial charge on any atom is -0.356 e. The Bertz CT molecular complexity index is 281. The maximum absolute atomic E-state index is 12.2. The largest absolute Gasteiger partial charge is 0.356 e. The van der Waals surface area contributed by atoms with Crippen molar-refractivity contribution in [1.82, 2.24) is 10.2 Å². The molecule has 1 fully saturated rings. The molecule has 1 aliphatic carbocycles. The zero-order valence-corrected chi connectivity index (χ0v) is 15.2. The first kappa shape index (κ1) is 19.5. The molecule has 0 atom stereocenters. The van der Waals surface area contributed by atoms with E-state index in [1.807, 2.05) is 0 Å². The highest BCUT2D eigenvalue weighted by Gasteiger charge is 2.25. The van der Waals surface area contributed by atoms with E-state index in [1.165, 1.54) is 38.5 Å². The summed E-state index contributed by atoms with van der Waals surface area (Å²) in [7, 11) is 0. The van der Waals surface area contributed by atoms with Crippen LogP contribution in [0.4, 0.5) is 0 Å². The minimum atomic E-state index is 0.292. The molecule has 1 aliphatic rings. The van der Waals surface area contributed by atoms with E-state index in [0.717, 1.165) is 51.4 Å². The number of hydrogen-bond acceptors (Lipinski definition) is 2. The van der Waals surface area contributed by atoms with Gasteiger partial charge in [0.25, 0.3) is 0 Å². The van der Waals surface area contributed by atoms with Crippen LogP contribution in [-0.4, -0.2) is 37.0 Å². The van der Waals surface area contributed by atoms with E-state index in [9.17, 15) is 4.79 Å². The second kappa shape index (κ2) is 11.9. The molecule has 1 saturated carbocycles. The lowest BCUT2D eigenvalue weighted by atomic mass is 9.79. The lowest BCUT2D eigenvalue weighted by Gasteiger charge is -2.27. The van der Waals surface area contributed by atoms with Crippen molar-refractivity contribution in [2.75, 3.05) is 26.2 Å². The Balaban J connectivity index is 2.06. The van der Waals surface area contributed by atoms with Crippen LogP contribution in [0.15, 0.2) is 0 Å². The van der Waals surface area contributed by atoms with Crippen LogP contribution in [0.2, 0.25) is 0 Å². The van der Waals surface area contributed by atoms with Crippen LogP contribution in [0.1, 0.15) is 78.6 Å². The van der Waals surface area contributed by atoms with Gasteiger partial charge in [0.05, 0.1) is 0 Å². The first-order valence-corrected chi connectivity index (χ1v) is 9.71. The first-order chi connectivity index (χ1) is 10.7. The van der Waals surface area contributed by atoms with E-state index in [4.69, 9.17) is 0 Å². The number of hydrogen-bond donors (Lipinski definition) is 1. The van der Waals surface area contributed by atoms with E-state index < -0.39 is 0 Å². The Morgan fingerprint density at radius 3 is 2.27 bits per heavy atom. The fourth-order valence-corrected chi connectivity index (χ4v) is 3.56. The van der Waals surface area contributed by atoms with Gasteiger partial charge in [-0.15, -0.1) is 0 Å². The summed E-state index contributed by atoms with van der Waals surface area (Å²) in [5.41, 5.74) is 0. The van der Waals surface area contributed by atoms with Gasteiger partial charge in [-0.2, -0.15) is 0 Å². The van der Waals surface area contributed by atoms with Crippen molar-refractivity contribution >= 4 is 5.91 Å². The highest BCUT2D eigenvalue weighted by molar-refractivity contribution is 5.78. The standard InChI is InChI=1S/C19H38N2O/c1-4-7-10-17-11-13-18(14-12-17)19(22)20-15-8-9-16-21(5-2)6-3/h17-18H,4-16H2,1-3H3,(H,20,22). The molecule has 0 aromatic heterocycles. The number of carbonyl (C=O) groups is 1. The van der Waals surface area contributed by atoms with Gasteiger partial charge >= 0.3 is 0 Å². The summed E-state index contributed by atoms with van der Waals surface area (Å²) >= 11 is 0. The van der Waals surface area contributed by atoms with Crippen LogP contribution in [-0.2, 0) is 4.79 Å². The van der Waals surface area contributed by atoms with Crippen LogP contribution < -0.4 is 5.32 Å². The summed E-state index contributed by atoms with van der Waals surface area (Å²) in [6, 6.07) is 0. The van der Waals surface area contributed by atoms with Crippen LogP contribution in [0.3, 0.4) is 0 Å². The van der Waals surface area contributed by atoms with E-state index in [0.29, 0.717) is 11.8 Å². The zero-order chi connectivity index (χ0) is 16.2. The van der Waals surface area contributed by atoms with Gasteiger partial charge in [0.15, 0.2) is 0 Å². The lowest BCUT2D eigenvalue weighted by molar-refractivity contribution is -0.126. The fraction of sp³-hybridized carbons (Fsp3) is 0.947. The van der Waals surface area contributed by atoms with Crippen LogP contribution in [0, 0.1) is 11.8 Å². The number of nitrogens with zero attached hydrogens (tertiary/aromatic N) is 1. The summed E-state index contributed by atoms with van der Waals surface area (Å²) in [6.45, 7) is 11.0. The van der Waals surface area contributed by atoms with Crippen LogP contribution in [0.5, 0.6) is 0 Å². The molecule has 0 aromatic carbocycles. The summed E-state index contributed by atoms with van der Waals surface area (Å²) in [6.07, 6.45) is 11.1. The van der Waals surface area contributed by atoms with Crippen molar-refractivity contribution < 1.29 is 4.79 Å². The van der Waals surface area contributed by atoms with Crippen molar-refractivity contribution in [2.45, 2.75) is 78.6 Å². The highest BCUT2D eigenvalue weighted by atomic mass is 16.1. The molecule has 1 rings (SSSR count). The molecule has 0 heterocycles. The van der Waals surface area contributed by atoms with Gasteiger partial charge in [-0.25, -0.2) is 0 Å². The molecule has 0 radical (unpaired) electrons. The predicted molar refractivity (Wildman–Crippen MR) is 95.0 cm³/mol. The summed E-state index contributed by atoms with van der Waals surface area (Å²) in [5, 5.41) is 3.16. The van der Waals surface area contributed by atoms with Crippen LogP contribution in [0.25, 0.3) is 0 Å². The van der Waals surface area contributed by atoms with E-state index in [-0.39, 0.29) is 0 Å². The maximum atomic E-state index is 12.2. The Kier molecular flexibility index (Phi) is 10.6. The Morgan fingerprint density at radius 2 is 1.68 bits per heavy atom. The van der Waals surface area contributed by atoms with Crippen molar-refractivity contribution in [2.24, 2.45) is 11.8 Å². The molecule has 3 nitrogen and oxygen atoms in total. The number of rotatable bonds is 11. The monoisotopic (exact) mass is 310 g/mol. The smallest absolute Gasteiger partial charge is 0.223 e. The van der Waals surface area contributed by atoms with Gasteiger partial charge < -0.3 is 10.2 Å². The Labute approximate surface area is 138 Å². The van der Waals surface area contributed by atoms with Gasteiger partial charge in [0, 0.05) is 12.5 Å². The van der Waals surface area contributed by atoms with Gasteiger partial charge in [0.1, 0.15) is 0 Å². The van der Waals surface area contributed by atoms with Crippen molar-refractivity contribution in [3.05, 3.63) is 0 Å². The summed E-state index contributed by atoms with van der Waals surface area (Å²) in [5.74, 6) is 1.50. The molecule has 0 bridgehead atoms. The van der Waals surface area contributed by atoms with Gasteiger partial charge in [-0.3, -0.25) is 4.79 Å². The molecule has 0 aliphatic heterocycles. The second-order valence-corrected chi connectivity index (χ2v) is 6.88. The number of nitrogens with one attached hydrogen (secondary N) is 1. The highest BCUT2D eigenvalue weighted by Crippen LogP contribution is 2.31. The number of unbranched alkanes of at least 4 members (excludes halogenated alkanes) is 2. The maximum Gasteiger partial charge on any atom is 0.223 e. The fourth-order valence-electron chi connectivity index (χ4n) is 3.56. The average Bonchev–Trinajstić information content (AvgIpc) is 2.56. The quantitative estimate of drug-likeness (QED) is 0.579. The topological polar surface area (TPSA) is 32.3 Å². The normalized spacial score (nSPS) is 22.0. The zero-order valence-electron chi connectivity index (χ0n) is 15.2. The first-order valence-electron chi connectivity index (χ1n) is 9.71. The SMILES string of the molecule is CCCCC1CCC(C(=O)NCCCCN(CC)CC)CC1. The third kappa shape index (κ3) is 7.62. The van der Waals surface area contributed by atoms with E-state index in [1.54, 1.807) is 0 Å². The molecule has 0 aromatic rings. The molecular formula is C19H38N2O. The molecule has 3 heteroatoms. The number of carbonyl (C=O) groups excluding carboxylic acids is 1. The molecule has 1 amide bonds. The second-order valence-electron chi connectivity index (χ2n) is 6.88. The van der Waals surface area contributed by atoms with Gasteiger partial charge in [-0.1, -0.05) is 40.0 Å². The Hall–Kier alpha value is -0.570. The summed E-state index contributed by atoms with van der Waals surface area (Å²) < 4.78 is 0. The molecule has 0 saturated heterocycles. The molecule has 130 valence electrons. The van der Waals surface area contributed by atoms with Crippen molar-refractivity contribution in [1.29, 1.82) is 0 Å².